The van der Waals surface area contributed by atoms with Crippen LogP contribution in [0.5, 0.6) is 5.75 Å². The summed E-state index contributed by atoms with van der Waals surface area (Å²) in [5.74, 6) is 0.451. The summed E-state index contributed by atoms with van der Waals surface area (Å²) in [6.07, 6.45) is -0.0231. The van der Waals surface area contributed by atoms with E-state index in [9.17, 15) is 4.79 Å². The number of rotatable bonds is 5. The van der Waals surface area contributed by atoms with Crippen molar-refractivity contribution in [3.63, 3.8) is 0 Å². The monoisotopic (exact) mass is 294 g/mol. The summed E-state index contributed by atoms with van der Waals surface area (Å²) < 4.78 is 5.76. The smallest absolute Gasteiger partial charge is 0.265 e. The average molecular weight is 294 g/mol. The number of nitrogens with one attached hydrogen (secondary N) is 1. The first-order chi connectivity index (χ1) is 10.6. The number of nitriles is 1. The zero-order valence-electron chi connectivity index (χ0n) is 12.7. The highest BCUT2D eigenvalue weighted by Crippen LogP contribution is 2.17. The van der Waals surface area contributed by atoms with Crippen molar-refractivity contribution < 1.29 is 9.53 Å². The first-order valence-corrected chi connectivity index (χ1v) is 7.16. The van der Waals surface area contributed by atoms with Gasteiger partial charge in [0.2, 0.25) is 0 Å². The lowest BCUT2D eigenvalue weighted by molar-refractivity contribution is -0.122. The normalized spacial score (nSPS) is 11.3. The largest absolute Gasteiger partial charge is 0.481 e. The second-order valence-corrected chi connectivity index (χ2v) is 5.01. The number of hydrogen-bond acceptors (Lipinski definition) is 3. The lowest BCUT2D eigenvalue weighted by atomic mass is 10.2. The highest BCUT2D eigenvalue weighted by molar-refractivity contribution is 5.94. The fourth-order valence-electron chi connectivity index (χ4n) is 2.06. The zero-order valence-corrected chi connectivity index (χ0v) is 12.7. The van der Waals surface area contributed by atoms with Crippen molar-refractivity contribution in [2.45, 2.75) is 26.4 Å². The van der Waals surface area contributed by atoms with Crippen molar-refractivity contribution in [3.8, 4) is 11.8 Å². The standard InChI is InChI=1S/C18H18N2O2/c1-3-17(22-16-9-4-6-13(2)10-16)18(21)20-15-8-5-7-14(11-15)12-19/h4-11,17H,3H2,1-2H3,(H,20,21). The average Bonchev–Trinajstić information content (AvgIpc) is 2.52. The van der Waals surface area contributed by atoms with Crippen LogP contribution >= 0.6 is 0 Å². The third-order valence-corrected chi connectivity index (χ3v) is 3.19. The Morgan fingerprint density at radius 2 is 2.05 bits per heavy atom. The molecule has 1 N–H and O–H groups in total. The third-order valence-electron chi connectivity index (χ3n) is 3.19. The topological polar surface area (TPSA) is 62.1 Å². The maximum atomic E-state index is 12.3. The van der Waals surface area contributed by atoms with Gasteiger partial charge in [0.1, 0.15) is 5.75 Å². The molecule has 1 amide bonds. The van der Waals surface area contributed by atoms with Crippen LogP contribution in [-0.2, 0) is 4.79 Å². The van der Waals surface area contributed by atoms with E-state index in [4.69, 9.17) is 10.00 Å². The van der Waals surface area contributed by atoms with Crippen molar-refractivity contribution >= 4 is 11.6 Å². The number of benzene rings is 2. The van der Waals surface area contributed by atoms with Gasteiger partial charge in [-0.25, -0.2) is 0 Å². The SMILES string of the molecule is CCC(Oc1cccc(C)c1)C(=O)Nc1cccc(C#N)c1. The molecule has 4 nitrogen and oxygen atoms in total. The van der Waals surface area contributed by atoms with E-state index < -0.39 is 6.10 Å². The van der Waals surface area contributed by atoms with Crippen molar-refractivity contribution in [1.82, 2.24) is 0 Å². The van der Waals surface area contributed by atoms with Crippen molar-refractivity contribution in [2.75, 3.05) is 5.32 Å². The molecular weight excluding hydrogens is 276 g/mol. The second kappa shape index (κ2) is 7.28. The summed E-state index contributed by atoms with van der Waals surface area (Å²) in [4.78, 5) is 12.3. The fourth-order valence-corrected chi connectivity index (χ4v) is 2.06. The highest BCUT2D eigenvalue weighted by Gasteiger charge is 2.18. The third kappa shape index (κ3) is 4.10. The molecular formula is C18H18N2O2. The van der Waals surface area contributed by atoms with Gasteiger partial charge in [-0.2, -0.15) is 5.26 Å². The molecule has 2 aromatic carbocycles. The number of carbonyl (C=O) groups excluding carboxylic acids is 1. The molecule has 0 heterocycles. The van der Waals surface area contributed by atoms with Crippen LogP contribution in [0.25, 0.3) is 0 Å². The lowest BCUT2D eigenvalue weighted by Crippen LogP contribution is -2.32. The first-order valence-electron chi connectivity index (χ1n) is 7.16. The van der Waals surface area contributed by atoms with Crippen LogP contribution in [-0.4, -0.2) is 12.0 Å². The van der Waals surface area contributed by atoms with E-state index in [1.165, 1.54) is 0 Å². The Balaban J connectivity index is 2.07. The number of carbonyl (C=O) groups is 1. The molecule has 2 rings (SSSR count). The van der Waals surface area contributed by atoms with E-state index in [0.717, 1.165) is 5.56 Å². The minimum atomic E-state index is -0.576. The maximum Gasteiger partial charge on any atom is 0.265 e. The molecule has 0 fully saturated rings. The van der Waals surface area contributed by atoms with Crippen LogP contribution < -0.4 is 10.1 Å². The number of anilines is 1. The summed E-state index contributed by atoms with van der Waals surface area (Å²) in [5.41, 5.74) is 2.18. The Morgan fingerprint density at radius 3 is 2.73 bits per heavy atom. The van der Waals surface area contributed by atoms with E-state index >= 15 is 0 Å². The van der Waals surface area contributed by atoms with Gasteiger partial charge in [-0.3, -0.25) is 4.79 Å². The molecule has 112 valence electrons. The minimum absolute atomic E-state index is 0.223. The number of ether oxygens (including phenoxy) is 1. The quantitative estimate of drug-likeness (QED) is 0.915. The van der Waals surface area contributed by atoms with Crippen LogP contribution in [0, 0.1) is 18.3 Å². The van der Waals surface area contributed by atoms with Gasteiger partial charge in [-0.1, -0.05) is 25.1 Å². The van der Waals surface area contributed by atoms with E-state index in [0.29, 0.717) is 23.4 Å². The molecule has 0 bridgehead atoms. The highest BCUT2D eigenvalue weighted by atomic mass is 16.5. The first kappa shape index (κ1) is 15.6. The van der Waals surface area contributed by atoms with Crippen LogP contribution in [0.15, 0.2) is 48.5 Å². The molecule has 0 spiro atoms. The fraction of sp³-hybridized carbons (Fsp3) is 0.222. The molecule has 0 aromatic heterocycles. The van der Waals surface area contributed by atoms with Gasteiger partial charge < -0.3 is 10.1 Å². The van der Waals surface area contributed by atoms with E-state index in [1.807, 2.05) is 44.2 Å². The van der Waals surface area contributed by atoms with Crippen molar-refractivity contribution in [2.24, 2.45) is 0 Å². The van der Waals surface area contributed by atoms with E-state index in [1.54, 1.807) is 24.3 Å². The summed E-state index contributed by atoms with van der Waals surface area (Å²) in [6.45, 7) is 3.87. The van der Waals surface area contributed by atoms with Crippen LogP contribution in [0.4, 0.5) is 5.69 Å². The van der Waals surface area contributed by atoms with Crippen LogP contribution in [0.2, 0.25) is 0 Å². The van der Waals surface area contributed by atoms with Gasteiger partial charge in [-0.05, 0) is 49.2 Å². The Labute approximate surface area is 130 Å². The summed E-state index contributed by atoms with van der Waals surface area (Å²) in [5, 5.41) is 11.7. The molecule has 0 radical (unpaired) electrons. The number of aryl methyl sites for hydroxylation is 1. The molecule has 2 aromatic rings. The van der Waals surface area contributed by atoms with Gasteiger partial charge in [0.25, 0.3) is 5.91 Å². The number of hydrogen-bond donors (Lipinski definition) is 1. The Bertz CT molecular complexity index is 704. The molecule has 1 unspecified atom stereocenters. The molecule has 1 atom stereocenters. The van der Waals surface area contributed by atoms with Gasteiger partial charge in [0.05, 0.1) is 11.6 Å². The van der Waals surface area contributed by atoms with Crippen LogP contribution in [0.3, 0.4) is 0 Å². The summed E-state index contributed by atoms with van der Waals surface area (Å²) in [6, 6.07) is 16.5. The molecule has 0 aliphatic heterocycles. The van der Waals surface area contributed by atoms with Gasteiger partial charge >= 0.3 is 0 Å². The summed E-state index contributed by atoms with van der Waals surface area (Å²) >= 11 is 0. The van der Waals surface area contributed by atoms with Gasteiger partial charge in [0, 0.05) is 5.69 Å². The van der Waals surface area contributed by atoms with Crippen molar-refractivity contribution in [3.05, 3.63) is 59.7 Å². The molecule has 0 saturated heterocycles. The second-order valence-electron chi connectivity index (χ2n) is 5.01. The summed E-state index contributed by atoms with van der Waals surface area (Å²) in [7, 11) is 0. The van der Waals surface area contributed by atoms with Crippen LogP contribution in [0.1, 0.15) is 24.5 Å². The predicted octanol–water partition coefficient (Wildman–Crippen LogP) is 3.66. The van der Waals surface area contributed by atoms with Gasteiger partial charge in [0.15, 0.2) is 6.10 Å². The molecule has 0 aliphatic carbocycles. The Hall–Kier alpha value is -2.80. The van der Waals surface area contributed by atoms with Crippen molar-refractivity contribution in [1.29, 1.82) is 5.26 Å². The number of nitrogens with zero attached hydrogens (tertiary/aromatic N) is 1. The minimum Gasteiger partial charge on any atom is -0.481 e. The molecule has 0 saturated carbocycles. The Morgan fingerprint density at radius 1 is 1.27 bits per heavy atom. The number of amides is 1. The Kier molecular flexibility index (Phi) is 5.16. The van der Waals surface area contributed by atoms with E-state index in [2.05, 4.69) is 5.32 Å². The zero-order chi connectivity index (χ0) is 15.9. The van der Waals surface area contributed by atoms with Gasteiger partial charge in [-0.15, -0.1) is 0 Å². The van der Waals surface area contributed by atoms with E-state index in [-0.39, 0.29) is 5.91 Å². The molecule has 22 heavy (non-hydrogen) atoms. The molecule has 4 heteroatoms. The predicted molar refractivity (Wildman–Crippen MR) is 85.7 cm³/mol. The molecule has 0 aliphatic rings. The maximum absolute atomic E-state index is 12.3. The lowest BCUT2D eigenvalue weighted by Gasteiger charge is -2.17.